The van der Waals surface area contributed by atoms with Gasteiger partial charge in [-0.15, -0.1) is 0 Å². The molecule has 66 valence electrons. The van der Waals surface area contributed by atoms with Gasteiger partial charge in [0.25, 0.3) is 0 Å². The van der Waals surface area contributed by atoms with E-state index in [1.165, 1.54) is 0 Å². The Labute approximate surface area is 74.4 Å². The first-order valence-corrected chi connectivity index (χ1v) is 4.26. The van der Waals surface area contributed by atoms with Crippen molar-refractivity contribution >= 4 is 22.7 Å². The minimum Gasteiger partial charge on any atom is -0.302 e. The minimum atomic E-state index is -2.53. The highest BCUT2D eigenvalue weighted by Gasteiger charge is 2.12. The van der Waals surface area contributed by atoms with E-state index in [1.807, 2.05) is 0 Å². The van der Waals surface area contributed by atoms with Crippen LogP contribution in [0.5, 0.6) is 0 Å². The maximum atomic E-state index is 12.7. The zero-order chi connectivity index (χ0) is 9.30. The topological polar surface area (TPSA) is 37.3 Å². The third kappa shape index (κ3) is 1.80. The predicted octanol–water partition coefficient (Wildman–Crippen LogP) is 2.20. The number of rotatable bonds is 1. The molecular formula is C6H3ClF2O2S. The molecule has 12 heavy (non-hydrogen) atoms. The highest BCUT2D eigenvalue weighted by atomic mass is 35.5. The van der Waals surface area contributed by atoms with Gasteiger partial charge in [0.15, 0.2) is 11.1 Å². The van der Waals surface area contributed by atoms with Crippen LogP contribution in [-0.2, 0) is 11.1 Å². The standard InChI is InChI=1S/C6H3ClF2O2S/c7-3-1-5(9)6(12(10)11)2-4(3)8/h1-2H,(H,10,11). The van der Waals surface area contributed by atoms with E-state index in [4.69, 9.17) is 16.2 Å². The van der Waals surface area contributed by atoms with Gasteiger partial charge in [0.2, 0.25) is 0 Å². The van der Waals surface area contributed by atoms with Crippen molar-refractivity contribution in [1.29, 1.82) is 0 Å². The molecule has 1 aromatic carbocycles. The van der Waals surface area contributed by atoms with Gasteiger partial charge in [-0.2, -0.15) is 0 Å². The SMILES string of the molecule is O=S(O)c1cc(F)c(Cl)cc1F. The second-order valence-electron chi connectivity index (χ2n) is 1.95. The molecule has 1 atom stereocenters. The zero-order valence-corrected chi connectivity index (χ0v) is 7.12. The molecular weight excluding hydrogens is 210 g/mol. The van der Waals surface area contributed by atoms with E-state index in [0.717, 1.165) is 0 Å². The highest BCUT2D eigenvalue weighted by Crippen LogP contribution is 2.20. The first-order valence-electron chi connectivity index (χ1n) is 2.78. The van der Waals surface area contributed by atoms with Crippen LogP contribution in [-0.4, -0.2) is 8.76 Å². The summed E-state index contributed by atoms with van der Waals surface area (Å²) < 4.78 is 44.0. The van der Waals surface area contributed by atoms with Crippen LogP contribution >= 0.6 is 11.6 Å². The summed E-state index contributed by atoms with van der Waals surface area (Å²) in [6.45, 7) is 0. The molecule has 0 saturated carbocycles. The fourth-order valence-electron chi connectivity index (χ4n) is 0.638. The van der Waals surface area contributed by atoms with Crippen molar-refractivity contribution in [3.63, 3.8) is 0 Å². The van der Waals surface area contributed by atoms with Crippen molar-refractivity contribution in [2.45, 2.75) is 4.90 Å². The third-order valence-corrected chi connectivity index (χ3v) is 2.14. The molecule has 0 radical (unpaired) electrons. The molecule has 0 amide bonds. The molecule has 1 N–H and O–H groups in total. The van der Waals surface area contributed by atoms with Gasteiger partial charge in [0.05, 0.1) is 5.02 Å². The summed E-state index contributed by atoms with van der Waals surface area (Å²) in [5.74, 6) is -1.92. The van der Waals surface area contributed by atoms with Crippen molar-refractivity contribution in [3.8, 4) is 0 Å². The highest BCUT2D eigenvalue weighted by molar-refractivity contribution is 7.79. The quantitative estimate of drug-likeness (QED) is 0.572. The van der Waals surface area contributed by atoms with Gasteiger partial charge in [-0.05, 0) is 12.1 Å². The molecule has 0 aromatic heterocycles. The fraction of sp³-hybridized carbons (Fsp3) is 0. The van der Waals surface area contributed by atoms with Crippen molar-refractivity contribution in [2.75, 3.05) is 0 Å². The monoisotopic (exact) mass is 212 g/mol. The second kappa shape index (κ2) is 3.47. The fourth-order valence-corrected chi connectivity index (χ4v) is 1.22. The van der Waals surface area contributed by atoms with Gasteiger partial charge in [0, 0.05) is 0 Å². The van der Waals surface area contributed by atoms with Crippen LogP contribution in [0.15, 0.2) is 17.0 Å². The van der Waals surface area contributed by atoms with Crippen LogP contribution in [0.4, 0.5) is 8.78 Å². The number of benzene rings is 1. The summed E-state index contributed by atoms with van der Waals surface area (Å²) in [6, 6.07) is 1.24. The van der Waals surface area contributed by atoms with Gasteiger partial charge in [-0.1, -0.05) is 11.6 Å². The Bertz CT molecular complexity index is 343. The Morgan fingerprint density at radius 1 is 1.33 bits per heavy atom. The number of hydrogen-bond donors (Lipinski definition) is 1. The normalized spacial score (nSPS) is 13.0. The van der Waals surface area contributed by atoms with Crippen LogP contribution in [0, 0.1) is 11.6 Å². The molecule has 0 fully saturated rings. The molecule has 1 unspecified atom stereocenters. The Morgan fingerprint density at radius 2 is 1.92 bits per heavy atom. The summed E-state index contributed by atoms with van der Waals surface area (Å²) in [5, 5.41) is -0.415. The first-order chi connectivity index (χ1) is 5.52. The van der Waals surface area contributed by atoms with Gasteiger partial charge < -0.3 is 4.55 Å². The molecule has 0 aliphatic rings. The van der Waals surface area contributed by atoms with E-state index >= 15 is 0 Å². The maximum absolute atomic E-state index is 12.7. The lowest BCUT2D eigenvalue weighted by atomic mass is 10.3. The largest absolute Gasteiger partial charge is 0.302 e. The lowest BCUT2D eigenvalue weighted by Gasteiger charge is -1.98. The van der Waals surface area contributed by atoms with Gasteiger partial charge in [-0.3, -0.25) is 0 Å². The van der Waals surface area contributed by atoms with Crippen LogP contribution in [0.1, 0.15) is 0 Å². The molecule has 0 aliphatic heterocycles. The molecule has 1 aromatic rings. The Hall–Kier alpha value is -0.520. The van der Waals surface area contributed by atoms with E-state index in [2.05, 4.69) is 0 Å². The van der Waals surface area contributed by atoms with Crippen molar-refractivity contribution in [1.82, 2.24) is 0 Å². The molecule has 0 spiro atoms. The van der Waals surface area contributed by atoms with Gasteiger partial charge in [0.1, 0.15) is 16.5 Å². The summed E-state index contributed by atoms with van der Waals surface area (Å²) >= 11 is 2.66. The summed E-state index contributed by atoms with van der Waals surface area (Å²) in [4.78, 5) is -0.614. The van der Waals surface area contributed by atoms with Crippen LogP contribution in [0.2, 0.25) is 5.02 Å². The Balaban J connectivity index is 3.33. The van der Waals surface area contributed by atoms with E-state index in [9.17, 15) is 13.0 Å². The number of hydrogen-bond acceptors (Lipinski definition) is 1. The summed E-state index contributed by atoms with van der Waals surface area (Å²) in [5.41, 5.74) is 0. The lowest BCUT2D eigenvalue weighted by Crippen LogP contribution is -1.95. The van der Waals surface area contributed by atoms with Crippen molar-refractivity contribution in [2.24, 2.45) is 0 Å². The first kappa shape index (κ1) is 9.57. The maximum Gasteiger partial charge on any atom is 0.189 e. The second-order valence-corrected chi connectivity index (χ2v) is 3.29. The van der Waals surface area contributed by atoms with Crippen LogP contribution < -0.4 is 0 Å². The molecule has 1 rings (SSSR count). The average Bonchev–Trinajstić information content (AvgIpc) is 1.96. The predicted molar refractivity (Wildman–Crippen MR) is 40.4 cm³/mol. The molecule has 0 bridgehead atoms. The van der Waals surface area contributed by atoms with Gasteiger partial charge in [-0.25, -0.2) is 13.0 Å². The third-order valence-electron chi connectivity index (χ3n) is 1.16. The molecule has 0 heterocycles. The average molecular weight is 213 g/mol. The van der Waals surface area contributed by atoms with Crippen molar-refractivity contribution in [3.05, 3.63) is 28.8 Å². The van der Waals surface area contributed by atoms with E-state index < -0.39 is 32.6 Å². The molecule has 0 aliphatic carbocycles. The van der Waals surface area contributed by atoms with Crippen LogP contribution in [0.25, 0.3) is 0 Å². The summed E-state index contributed by atoms with van der Waals surface area (Å²) in [7, 11) is 0. The minimum absolute atomic E-state index is 0.415. The van der Waals surface area contributed by atoms with Crippen molar-refractivity contribution < 1.29 is 17.5 Å². The molecule has 6 heteroatoms. The van der Waals surface area contributed by atoms with E-state index in [-0.39, 0.29) is 0 Å². The Morgan fingerprint density at radius 3 is 2.42 bits per heavy atom. The van der Waals surface area contributed by atoms with E-state index in [1.54, 1.807) is 0 Å². The molecule has 0 saturated heterocycles. The van der Waals surface area contributed by atoms with Crippen LogP contribution in [0.3, 0.4) is 0 Å². The number of halogens is 3. The lowest BCUT2D eigenvalue weighted by molar-refractivity contribution is 0.536. The zero-order valence-electron chi connectivity index (χ0n) is 5.55. The smallest absolute Gasteiger partial charge is 0.189 e. The Kier molecular flexibility index (Phi) is 2.76. The van der Waals surface area contributed by atoms with Gasteiger partial charge >= 0.3 is 0 Å². The summed E-state index contributed by atoms with van der Waals surface area (Å²) in [6.07, 6.45) is 0. The van der Waals surface area contributed by atoms with E-state index in [0.29, 0.717) is 12.1 Å². The molecule has 2 nitrogen and oxygen atoms in total.